The number of amides is 1. The number of nitrogens with one attached hydrogen (secondary N) is 1. The van der Waals surface area contributed by atoms with E-state index in [1.807, 2.05) is 36.4 Å². The molecule has 26 heavy (non-hydrogen) atoms. The van der Waals surface area contributed by atoms with Crippen molar-refractivity contribution < 1.29 is 9.59 Å². The average Bonchev–Trinajstić information content (AvgIpc) is 3.36. The number of carbonyl (C=O) groups excluding carboxylic acids is 2. The lowest BCUT2D eigenvalue weighted by atomic mass is 9.84. The van der Waals surface area contributed by atoms with Crippen LogP contribution in [0.3, 0.4) is 0 Å². The fraction of sp³-hybridized carbons (Fsp3) is 0.391. The van der Waals surface area contributed by atoms with Crippen LogP contribution in [0, 0.1) is 17.8 Å². The number of fused-ring (bicyclic) bond motifs is 5. The molecule has 132 valence electrons. The quantitative estimate of drug-likeness (QED) is 0.762. The Hall–Kier alpha value is -2.42. The first-order chi connectivity index (χ1) is 12.6. The summed E-state index contributed by atoms with van der Waals surface area (Å²) < 4.78 is 0. The number of benzene rings is 2. The van der Waals surface area contributed by atoms with E-state index in [2.05, 4.69) is 12.2 Å². The summed E-state index contributed by atoms with van der Waals surface area (Å²) in [5.74, 6) is 2.23. The maximum absolute atomic E-state index is 12.8. The molecule has 3 aliphatic carbocycles. The third-order valence-electron chi connectivity index (χ3n) is 6.78. The molecule has 2 aromatic carbocycles. The third kappa shape index (κ3) is 2.33. The van der Waals surface area contributed by atoms with E-state index in [1.165, 1.54) is 25.7 Å². The van der Waals surface area contributed by atoms with Crippen LogP contribution in [0.25, 0.3) is 11.1 Å². The van der Waals surface area contributed by atoms with Gasteiger partial charge in [0, 0.05) is 22.7 Å². The van der Waals surface area contributed by atoms with Crippen molar-refractivity contribution in [3.05, 3.63) is 59.2 Å². The molecule has 1 N–H and O–H groups in total. The Morgan fingerprint density at radius 1 is 1.00 bits per heavy atom. The monoisotopic (exact) mass is 345 g/mol. The second kappa shape index (κ2) is 5.80. The number of ketones is 1. The van der Waals surface area contributed by atoms with Crippen molar-refractivity contribution in [2.75, 3.05) is 0 Å². The summed E-state index contributed by atoms with van der Waals surface area (Å²) in [5.41, 5.74) is 3.86. The largest absolute Gasteiger partial charge is 0.349 e. The smallest absolute Gasteiger partial charge is 0.251 e. The fourth-order valence-electron chi connectivity index (χ4n) is 5.47. The summed E-state index contributed by atoms with van der Waals surface area (Å²) in [6, 6.07) is 13.4. The van der Waals surface area contributed by atoms with E-state index in [1.54, 1.807) is 6.07 Å². The topological polar surface area (TPSA) is 46.2 Å². The molecule has 2 bridgehead atoms. The molecule has 2 aromatic rings. The van der Waals surface area contributed by atoms with E-state index in [-0.39, 0.29) is 17.7 Å². The summed E-state index contributed by atoms with van der Waals surface area (Å²) in [6.45, 7) is 2.14. The van der Waals surface area contributed by atoms with Crippen molar-refractivity contribution in [2.24, 2.45) is 17.8 Å². The van der Waals surface area contributed by atoms with Crippen LogP contribution in [0.4, 0.5) is 0 Å². The van der Waals surface area contributed by atoms with Gasteiger partial charge in [0.15, 0.2) is 5.78 Å². The van der Waals surface area contributed by atoms with Gasteiger partial charge in [-0.05, 0) is 67.2 Å². The number of rotatable bonds is 3. The Kier molecular flexibility index (Phi) is 3.53. The predicted molar refractivity (Wildman–Crippen MR) is 101 cm³/mol. The lowest BCUT2D eigenvalue weighted by molar-refractivity contribution is 0.0915. The van der Waals surface area contributed by atoms with Gasteiger partial charge in [-0.2, -0.15) is 0 Å². The molecule has 3 nitrogen and oxygen atoms in total. The Bertz CT molecular complexity index is 916. The maximum Gasteiger partial charge on any atom is 0.251 e. The van der Waals surface area contributed by atoms with E-state index < -0.39 is 0 Å². The molecular formula is C23H23NO2. The minimum absolute atomic E-state index is 0.0198. The van der Waals surface area contributed by atoms with Gasteiger partial charge < -0.3 is 5.32 Å². The van der Waals surface area contributed by atoms with Crippen LogP contribution in [0.5, 0.6) is 0 Å². The predicted octanol–water partition coefficient (Wildman–Crippen LogP) is 4.45. The molecular weight excluding hydrogens is 322 g/mol. The van der Waals surface area contributed by atoms with Crippen LogP contribution in [0.1, 0.15) is 58.9 Å². The molecule has 3 heteroatoms. The second-order valence-electron chi connectivity index (χ2n) is 8.24. The van der Waals surface area contributed by atoms with Crippen LogP contribution < -0.4 is 5.32 Å². The summed E-state index contributed by atoms with van der Waals surface area (Å²) in [4.78, 5) is 25.4. The Morgan fingerprint density at radius 3 is 2.50 bits per heavy atom. The summed E-state index contributed by atoms with van der Waals surface area (Å²) in [5, 5.41) is 3.20. The molecule has 3 aliphatic rings. The first-order valence-electron chi connectivity index (χ1n) is 9.71. The van der Waals surface area contributed by atoms with Crippen molar-refractivity contribution in [3.8, 4) is 11.1 Å². The number of hydrogen-bond acceptors (Lipinski definition) is 2. The highest BCUT2D eigenvalue weighted by molar-refractivity contribution is 6.22. The molecule has 2 fully saturated rings. The highest BCUT2D eigenvalue weighted by Gasteiger charge is 2.42. The van der Waals surface area contributed by atoms with Gasteiger partial charge >= 0.3 is 0 Å². The maximum atomic E-state index is 12.8. The first-order valence-corrected chi connectivity index (χ1v) is 9.71. The zero-order valence-corrected chi connectivity index (χ0v) is 15.0. The minimum Gasteiger partial charge on any atom is -0.349 e. The van der Waals surface area contributed by atoms with Crippen LogP contribution in [-0.2, 0) is 0 Å². The van der Waals surface area contributed by atoms with E-state index >= 15 is 0 Å². The van der Waals surface area contributed by atoms with Crippen molar-refractivity contribution in [3.63, 3.8) is 0 Å². The van der Waals surface area contributed by atoms with Gasteiger partial charge in [0.1, 0.15) is 0 Å². The third-order valence-corrected chi connectivity index (χ3v) is 6.78. The lowest BCUT2D eigenvalue weighted by Crippen LogP contribution is -2.40. The highest BCUT2D eigenvalue weighted by atomic mass is 16.1. The zero-order valence-electron chi connectivity index (χ0n) is 15.0. The fourth-order valence-corrected chi connectivity index (χ4v) is 5.47. The summed E-state index contributed by atoms with van der Waals surface area (Å²) in [7, 11) is 0. The summed E-state index contributed by atoms with van der Waals surface area (Å²) >= 11 is 0. The van der Waals surface area contributed by atoms with Crippen molar-refractivity contribution in [1.29, 1.82) is 0 Å². The van der Waals surface area contributed by atoms with Crippen molar-refractivity contribution >= 4 is 11.7 Å². The standard InChI is InChI=1S/C23H23NO2/c1-13(20-11-14-6-7-15(20)10-14)24-23(26)16-8-9-18-17-4-2-3-5-19(17)22(25)21(18)12-16/h2-5,8-9,12-15,20H,6-7,10-11H2,1H3,(H,24,26)/t13-,14+,15+,20-/m1/s1. The molecule has 0 radical (unpaired) electrons. The van der Waals surface area contributed by atoms with Gasteiger partial charge in [-0.15, -0.1) is 0 Å². The normalized spacial score (nSPS) is 26.5. The molecule has 4 atom stereocenters. The van der Waals surface area contributed by atoms with Crippen molar-refractivity contribution in [1.82, 2.24) is 5.32 Å². The van der Waals surface area contributed by atoms with Gasteiger partial charge in [0.2, 0.25) is 0 Å². The van der Waals surface area contributed by atoms with Crippen LogP contribution >= 0.6 is 0 Å². The minimum atomic E-state index is -0.0631. The molecule has 5 rings (SSSR count). The molecule has 0 saturated heterocycles. The molecule has 0 aromatic heterocycles. The molecule has 0 aliphatic heterocycles. The van der Waals surface area contributed by atoms with Gasteiger partial charge in [-0.3, -0.25) is 9.59 Å². The zero-order chi connectivity index (χ0) is 17.8. The molecule has 1 amide bonds. The van der Waals surface area contributed by atoms with E-state index in [0.717, 1.165) is 28.5 Å². The number of hydrogen-bond donors (Lipinski definition) is 1. The van der Waals surface area contributed by atoms with Gasteiger partial charge in [0.25, 0.3) is 5.91 Å². The van der Waals surface area contributed by atoms with Crippen LogP contribution in [-0.4, -0.2) is 17.7 Å². The Labute approximate surface area is 153 Å². The first kappa shape index (κ1) is 15.8. The summed E-state index contributed by atoms with van der Waals surface area (Å²) in [6.07, 6.45) is 5.29. The molecule has 0 unspecified atom stereocenters. The van der Waals surface area contributed by atoms with Gasteiger partial charge in [-0.25, -0.2) is 0 Å². The average molecular weight is 345 g/mol. The molecule has 0 heterocycles. The SMILES string of the molecule is C[C@@H](NC(=O)c1ccc2c(c1)C(=O)c1ccccc1-2)[C@H]1C[C@H]2CC[C@H]1C2. The lowest BCUT2D eigenvalue weighted by Gasteiger charge is -2.28. The molecule has 2 saturated carbocycles. The Morgan fingerprint density at radius 2 is 1.77 bits per heavy atom. The van der Waals surface area contributed by atoms with Gasteiger partial charge in [0.05, 0.1) is 0 Å². The second-order valence-corrected chi connectivity index (χ2v) is 8.24. The van der Waals surface area contributed by atoms with E-state index in [9.17, 15) is 9.59 Å². The molecule has 0 spiro atoms. The Balaban J connectivity index is 1.37. The van der Waals surface area contributed by atoms with Crippen LogP contribution in [0.15, 0.2) is 42.5 Å². The van der Waals surface area contributed by atoms with E-state index in [4.69, 9.17) is 0 Å². The highest BCUT2D eigenvalue weighted by Crippen LogP contribution is 2.49. The van der Waals surface area contributed by atoms with Gasteiger partial charge in [-0.1, -0.05) is 36.8 Å². The van der Waals surface area contributed by atoms with Crippen LogP contribution in [0.2, 0.25) is 0 Å². The van der Waals surface area contributed by atoms with E-state index in [0.29, 0.717) is 17.0 Å². The number of carbonyl (C=O) groups is 2. The van der Waals surface area contributed by atoms with Crippen molar-refractivity contribution in [2.45, 2.75) is 38.6 Å².